The lowest BCUT2D eigenvalue weighted by Gasteiger charge is -2.15. The Hall–Kier alpha value is -3.24. The minimum Gasteiger partial charge on any atom is -0.480 e. The molecule has 0 aliphatic rings. The summed E-state index contributed by atoms with van der Waals surface area (Å²) in [5, 5.41) is 14.7. The fourth-order valence-corrected chi connectivity index (χ4v) is 3.94. The first kappa shape index (κ1) is 24.0. The number of hydrogen-bond donors (Lipinski definition) is 5. The van der Waals surface area contributed by atoms with Gasteiger partial charge in [-0.2, -0.15) is 0 Å². The molecule has 1 aromatic carbocycles. The van der Waals surface area contributed by atoms with Gasteiger partial charge in [0.1, 0.15) is 16.9 Å². The van der Waals surface area contributed by atoms with Gasteiger partial charge in [0.25, 0.3) is 5.91 Å². The maximum atomic E-state index is 14.6. The number of carboxylic acids is 1. The van der Waals surface area contributed by atoms with E-state index in [-0.39, 0.29) is 23.0 Å². The van der Waals surface area contributed by atoms with Crippen LogP contribution in [0.2, 0.25) is 0 Å². The first-order valence-corrected chi connectivity index (χ1v) is 10.3. The lowest BCUT2D eigenvalue weighted by atomic mass is 10.0. The molecule has 0 radical (unpaired) electrons. The number of thiophene rings is 1. The van der Waals surface area contributed by atoms with Crippen LogP contribution in [0.5, 0.6) is 0 Å². The van der Waals surface area contributed by atoms with Gasteiger partial charge in [-0.3, -0.25) is 14.9 Å². The molecule has 7 N–H and O–H groups in total. The van der Waals surface area contributed by atoms with Crippen molar-refractivity contribution in [3.8, 4) is 10.4 Å². The van der Waals surface area contributed by atoms with Gasteiger partial charge in [-0.25, -0.2) is 9.18 Å². The van der Waals surface area contributed by atoms with Gasteiger partial charge in [0.2, 0.25) is 0 Å². The number of primary amides is 2. The number of rotatable bonds is 10. The highest BCUT2D eigenvalue weighted by molar-refractivity contribution is 7.20. The van der Waals surface area contributed by atoms with Crippen molar-refractivity contribution >= 4 is 40.3 Å². The second kappa shape index (κ2) is 10.7. The van der Waals surface area contributed by atoms with Crippen molar-refractivity contribution in [1.29, 1.82) is 0 Å². The van der Waals surface area contributed by atoms with Gasteiger partial charge in [0, 0.05) is 17.0 Å². The Morgan fingerprint density at radius 2 is 1.94 bits per heavy atom. The number of carbonyl (C=O) groups excluding carboxylic acids is 2. The summed E-state index contributed by atoms with van der Waals surface area (Å²) in [7, 11) is 0. The molecule has 0 bridgehead atoms. The number of nitrogens with two attached hydrogens (primary N) is 2. The van der Waals surface area contributed by atoms with E-state index in [2.05, 4.69) is 10.6 Å². The summed E-state index contributed by atoms with van der Waals surface area (Å²) >= 11 is 1.05. The monoisotopic (exact) mass is 448 g/mol. The van der Waals surface area contributed by atoms with Crippen LogP contribution in [0.25, 0.3) is 16.5 Å². The van der Waals surface area contributed by atoms with Crippen molar-refractivity contribution in [2.75, 3.05) is 11.9 Å². The van der Waals surface area contributed by atoms with Crippen molar-refractivity contribution in [2.45, 2.75) is 26.3 Å². The van der Waals surface area contributed by atoms with E-state index in [1.807, 2.05) is 13.8 Å². The molecule has 1 aromatic heterocycles. The van der Waals surface area contributed by atoms with Crippen LogP contribution >= 0.6 is 11.3 Å². The van der Waals surface area contributed by atoms with Crippen LogP contribution in [0.3, 0.4) is 0 Å². The zero-order valence-corrected chi connectivity index (χ0v) is 18.0. The summed E-state index contributed by atoms with van der Waals surface area (Å²) in [6.45, 7) is 4.16. The normalized spacial score (nSPS) is 12.3. The first-order valence-electron chi connectivity index (χ1n) is 9.51. The fourth-order valence-electron chi connectivity index (χ4n) is 2.88. The molecule has 0 fully saturated rings. The van der Waals surface area contributed by atoms with E-state index in [4.69, 9.17) is 11.5 Å². The third kappa shape index (κ3) is 6.90. The highest BCUT2D eigenvalue weighted by Crippen LogP contribution is 2.36. The number of amides is 3. The van der Waals surface area contributed by atoms with E-state index in [0.29, 0.717) is 22.4 Å². The highest BCUT2D eigenvalue weighted by atomic mass is 32.1. The van der Waals surface area contributed by atoms with Gasteiger partial charge in [-0.15, -0.1) is 11.3 Å². The van der Waals surface area contributed by atoms with Crippen LogP contribution in [0, 0.1) is 11.7 Å². The van der Waals surface area contributed by atoms with Crippen LogP contribution in [-0.4, -0.2) is 35.6 Å². The molecule has 8 nitrogen and oxygen atoms in total. The number of aliphatic carboxylic acids is 1. The minimum absolute atomic E-state index is 0.0867. The van der Waals surface area contributed by atoms with Crippen molar-refractivity contribution in [1.82, 2.24) is 5.32 Å². The van der Waals surface area contributed by atoms with Gasteiger partial charge < -0.3 is 21.9 Å². The molecule has 0 spiro atoms. The summed E-state index contributed by atoms with van der Waals surface area (Å²) in [4.78, 5) is 34.5. The van der Waals surface area contributed by atoms with Gasteiger partial charge >= 0.3 is 12.0 Å². The molecule has 31 heavy (non-hydrogen) atoms. The van der Waals surface area contributed by atoms with E-state index in [9.17, 15) is 23.9 Å². The molecule has 166 valence electrons. The number of anilines is 1. The summed E-state index contributed by atoms with van der Waals surface area (Å²) in [5.74, 6) is -1.93. The lowest BCUT2D eigenvalue weighted by Crippen LogP contribution is -2.37. The average Bonchev–Trinajstić information content (AvgIpc) is 3.08. The van der Waals surface area contributed by atoms with Crippen molar-refractivity contribution in [3.05, 3.63) is 47.3 Å². The van der Waals surface area contributed by atoms with E-state index >= 15 is 0 Å². The van der Waals surface area contributed by atoms with Crippen LogP contribution in [0.15, 0.2) is 30.3 Å². The highest BCUT2D eigenvalue weighted by Gasteiger charge is 2.18. The second-order valence-electron chi connectivity index (χ2n) is 7.27. The van der Waals surface area contributed by atoms with E-state index < -0.39 is 29.8 Å². The topological polar surface area (TPSA) is 148 Å². The van der Waals surface area contributed by atoms with Crippen LogP contribution in [0.4, 0.5) is 14.2 Å². The zero-order chi connectivity index (χ0) is 23.1. The molecule has 3 amide bonds. The number of urea groups is 1. The van der Waals surface area contributed by atoms with Crippen LogP contribution in [0.1, 0.15) is 36.2 Å². The molecule has 2 rings (SSSR count). The van der Waals surface area contributed by atoms with E-state index in [1.165, 1.54) is 12.1 Å². The second-order valence-corrected chi connectivity index (χ2v) is 8.33. The molecular formula is C21H25FN4O4S. The number of carboxylic acid groups (broad SMARTS) is 1. The molecule has 1 heterocycles. The van der Waals surface area contributed by atoms with Gasteiger partial charge in [0.05, 0.1) is 5.56 Å². The lowest BCUT2D eigenvalue weighted by molar-refractivity contribution is -0.139. The quantitative estimate of drug-likeness (QED) is 0.378. The number of nitrogens with one attached hydrogen (secondary N) is 2. The molecule has 0 aliphatic carbocycles. The Morgan fingerprint density at radius 3 is 2.48 bits per heavy atom. The predicted molar refractivity (Wildman–Crippen MR) is 119 cm³/mol. The van der Waals surface area contributed by atoms with E-state index in [1.54, 1.807) is 24.3 Å². The molecule has 10 heteroatoms. The maximum Gasteiger partial charge on any atom is 0.320 e. The largest absolute Gasteiger partial charge is 0.480 e. The summed E-state index contributed by atoms with van der Waals surface area (Å²) < 4.78 is 14.6. The third-order valence-corrected chi connectivity index (χ3v) is 5.40. The molecule has 1 atom stereocenters. The molecule has 0 saturated carbocycles. The number of hydrogen-bond acceptors (Lipinski definition) is 5. The van der Waals surface area contributed by atoms with Gasteiger partial charge in [-0.1, -0.05) is 38.1 Å². The standard InChI is InChI=1S/C21H25FN4O4S/c1-11(2)8-16(20(28)29)25-7-3-4-12-5-6-13(9-15(12)22)17-10-14(18(23)27)19(31-17)26-21(24)30/h3-6,9-11,16,25H,7-8H2,1-2H3,(H2,23,27)(H,28,29)(H3,24,26,30)/t16-/m0/s1. The maximum absolute atomic E-state index is 14.6. The molecule has 0 aliphatic heterocycles. The molecule has 2 aromatic rings. The first-order chi connectivity index (χ1) is 14.6. The van der Waals surface area contributed by atoms with Crippen molar-refractivity contribution in [2.24, 2.45) is 17.4 Å². The number of benzene rings is 1. The zero-order valence-electron chi connectivity index (χ0n) is 17.1. The summed E-state index contributed by atoms with van der Waals surface area (Å²) in [6, 6.07) is 4.49. The molecular weight excluding hydrogens is 423 g/mol. The van der Waals surface area contributed by atoms with Crippen LogP contribution in [-0.2, 0) is 4.79 Å². The van der Waals surface area contributed by atoms with Crippen molar-refractivity contribution < 1.29 is 23.9 Å². The average molecular weight is 449 g/mol. The SMILES string of the molecule is CC(C)C[C@H](NCC=Cc1ccc(-c2cc(C(N)=O)c(NC(N)=O)s2)cc1F)C(=O)O. The third-order valence-electron chi connectivity index (χ3n) is 4.30. The summed E-state index contributed by atoms with van der Waals surface area (Å²) in [6.07, 6.45) is 3.70. The van der Waals surface area contributed by atoms with E-state index in [0.717, 1.165) is 11.3 Å². The van der Waals surface area contributed by atoms with Gasteiger partial charge in [-0.05, 0) is 30.0 Å². The molecule has 0 unspecified atom stereocenters. The smallest absolute Gasteiger partial charge is 0.320 e. The number of halogens is 1. The fraction of sp³-hybridized carbons (Fsp3) is 0.286. The molecule has 0 saturated heterocycles. The van der Waals surface area contributed by atoms with Crippen molar-refractivity contribution in [3.63, 3.8) is 0 Å². The Kier molecular flexibility index (Phi) is 8.29. The Morgan fingerprint density at radius 1 is 1.23 bits per heavy atom. The Bertz CT molecular complexity index is 1000. The minimum atomic E-state index is -0.922. The van der Waals surface area contributed by atoms with Gasteiger partial charge in [0.15, 0.2) is 0 Å². The Balaban J connectivity index is 2.13. The van der Waals surface area contributed by atoms with Crippen LogP contribution < -0.4 is 22.1 Å². The predicted octanol–water partition coefficient (Wildman–Crippen LogP) is 3.25. The number of carbonyl (C=O) groups is 3. The summed E-state index contributed by atoms with van der Waals surface area (Å²) in [5.41, 5.74) is 11.3. The Labute approximate surface area is 183 Å².